The first-order valence-electron chi connectivity index (χ1n) is 6.35. The number of carbonyl (C=O) groups excluding carboxylic acids is 1. The van der Waals surface area contributed by atoms with Gasteiger partial charge in [-0.1, -0.05) is 6.07 Å². The summed E-state index contributed by atoms with van der Waals surface area (Å²) in [5.74, 6) is 0.193. The van der Waals surface area contributed by atoms with E-state index >= 15 is 0 Å². The molecule has 0 spiro atoms. The highest BCUT2D eigenvalue weighted by atomic mass is 32.1. The maximum Gasteiger partial charge on any atom is 0.227 e. The Kier molecular flexibility index (Phi) is 3.12. The van der Waals surface area contributed by atoms with Gasteiger partial charge in [0.05, 0.1) is 0 Å². The first-order valence-corrected chi connectivity index (χ1v) is 7.30. The number of aryl methyl sites for hydroxylation is 1. The summed E-state index contributed by atoms with van der Waals surface area (Å²) >= 11 is 1.68. The molecule has 19 heavy (non-hydrogen) atoms. The molecule has 1 aliphatic rings. The Labute approximate surface area is 116 Å². The van der Waals surface area contributed by atoms with Crippen LogP contribution in [0.15, 0.2) is 29.0 Å². The van der Waals surface area contributed by atoms with Crippen LogP contribution >= 0.6 is 11.3 Å². The van der Waals surface area contributed by atoms with Crippen LogP contribution in [0.1, 0.15) is 17.5 Å². The van der Waals surface area contributed by atoms with Gasteiger partial charge in [-0.25, -0.2) is 0 Å². The molecule has 0 saturated heterocycles. The highest BCUT2D eigenvalue weighted by molar-refractivity contribution is 7.08. The molecule has 1 aromatic heterocycles. The highest BCUT2D eigenvalue weighted by Crippen LogP contribution is 2.33. The van der Waals surface area contributed by atoms with Crippen LogP contribution in [0.4, 0.5) is 5.69 Å². The minimum absolute atomic E-state index is 0.193. The van der Waals surface area contributed by atoms with E-state index in [2.05, 4.69) is 22.9 Å². The molecular weight excluding hydrogens is 256 g/mol. The Morgan fingerprint density at radius 1 is 1.32 bits per heavy atom. The van der Waals surface area contributed by atoms with Crippen LogP contribution < -0.4 is 10.6 Å². The van der Waals surface area contributed by atoms with E-state index in [9.17, 15) is 4.79 Å². The summed E-state index contributed by atoms with van der Waals surface area (Å²) in [6.07, 6.45) is 1.43. The van der Waals surface area contributed by atoms with E-state index in [1.165, 1.54) is 22.3 Å². The van der Waals surface area contributed by atoms with Crippen molar-refractivity contribution in [2.45, 2.75) is 19.4 Å². The van der Waals surface area contributed by atoms with Crippen LogP contribution in [-0.4, -0.2) is 13.0 Å². The number of hydrogen-bond acceptors (Lipinski definition) is 3. The number of benzene rings is 1. The molecule has 0 unspecified atom stereocenters. The Balaban J connectivity index is 2.05. The minimum Gasteiger partial charge on any atom is -0.326 e. The lowest BCUT2D eigenvalue weighted by Crippen LogP contribution is -2.30. The average molecular weight is 272 g/mol. The van der Waals surface area contributed by atoms with Gasteiger partial charge < -0.3 is 10.6 Å². The second kappa shape index (κ2) is 4.79. The van der Waals surface area contributed by atoms with E-state index in [1.54, 1.807) is 16.2 Å². The average Bonchev–Trinajstić information content (AvgIpc) is 2.91. The fourth-order valence-corrected chi connectivity index (χ4v) is 3.44. The molecule has 3 nitrogen and oxygen atoms in total. The standard InChI is InChI=1S/C15H16N2OS/c1-17-14-4-2-10(6-11(14)3-5-15(17)18)13-9-19-8-12(13)7-16/h2,4,6,8-9H,3,5,7,16H2,1H3. The normalized spacial score (nSPS) is 14.6. The Morgan fingerprint density at radius 3 is 2.95 bits per heavy atom. The van der Waals surface area contributed by atoms with Crippen LogP contribution in [-0.2, 0) is 17.8 Å². The van der Waals surface area contributed by atoms with Crippen molar-refractivity contribution in [1.82, 2.24) is 0 Å². The predicted octanol–water partition coefficient (Wildman–Crippen LogP) is 2.78. The van der Waals surface area contributed by atoms with E-state index in [-0.39, 0.29) is 5.91 Å². The fraction of sp³-hybridized carbons (Fsp3) is 0.267. The molecule has 2 aromatic rings. The second-order valence-electron chi connectivity index (χ2n) is 4.81. The molecule has 3 rings (SSSR count). The van der Waals surface area contributed by atoms with Crippen LogP contribution in [0.2, 0.25) is 0 Å². The van der Waals surface area contributed by atoms with E-state index < -0.39 is 0 Å². The summed E-state index contributed by atoms with van der Waals surface area (Å²) in [5, 5.41) is 4.24. The summed E-state index contributed by atoms with van der Waals surface area (Å²) < 4.78 is 0. The second-order valence-corrected chi connectivity index (χ2v) is 5.55. The van der Waals surface area contributed by atoms with Gasteiger partial charge in [0.1, 0.15) is 0 Å². The maximum absolute atomic E-state index is 11.7. The van der Waals surface area contributed by atoms with Crippen molar-refractivity contribution in [2.24, 2.45) is 5.73 Å². The highest BCUT2D eigenvalue weighted by Gasteiger charge is 2.21. The van der Waals surface area contributed by atoms with Gasteiger partial charge >= 0.3 is 0 Å². The fourth-order valence-electron chi connectivity index (χ4n) is 2.56. The van der Waals surface area contributed by atoms with Crippen LogP contribution in [0.3, 0.4) is 0 Å². The van der Waals surface area contributed by atoms with Gasteiger partial charge in [-0.05, 0) is 51.6 Å². The van der Waals surface area contributed by atoms with Gasteiger partial charge in [-0.2, -0.15) is 11.3 Å². The lowest BCUT2D eigenvalue weighted by molar-refractivity contribution is -0.118. The molecule has 0 atom stereocenters. The van der Waals surface area contributed by atoms with Crippen molar-refractivity contribution < 1.29 is 4.79 Å². The van der Waals surface area contributed by atoms with E-state index in [0.717, 1.165) is 12.1 Å². The van der Waals surface area contributed by atoms with Crippen molar-refractivity contribution in [1.29, 1.82) is 0 Å². The maximum atomic E-state index is 11.7. The molecule has 1 amide bonds. The van der Waals surface area contributed by atoms with Crippen molar-refractivity contribution in [2.75, 3.05) is 11.9 Å². The number of fused-ring (bicyclic) bond motifs is 1. The van der Waals surface area contributed by atoms with Gasteiger partial charge in [0.15, 0.2) is 0 Å². The monoisotopic (exact) mass is 272 g/mol. The largest absolute Gasteiger partial charge is 0.326 e. The molecule has 2 N–H and O–H groups in total. The molecule has 2 heterocycles. The molecular formula is C15H16N2OS. The van der Waals surface area contributed by atoms with Crippen LogP contribution in [0.25, 0.3) is 11.1 Å². The van der Waals surface area contributed by atoms with Crippen molar-refractivity contribution in [3.05, 3.63) is 40.1 Å². The lowest BCUT2D eigenvalue weighted by Gasteiger charge is -2.26. The molecule has 98 valence electrons. The first-order chi connectivity index (χ1) is 9.20. The first kappa shape index (κ1) is 12.4. The van der Waals surface area contributed by atoms with Crippen LogP contribution in [0.5, 0.6) is 0 Å². The SMILES string of the molecule is CN1C(=O)CCc2cc(-c3cscc3CN)ccc21. The van der Waals surface area contributed by atoms with E-state index in [1.807, 2.05) is 13.1 Å². The summed E-state index contributed by atoms with van der Waals surface area (Å²) in [6.45, 7) is 0.564. The Bertz CT molecular complexity index is 633. The molecule has 0 radical (unpaired) electrons. The lowest BCUT2D eigenvalue weighted by atomic mass is 9.96. The predicted molar refractivity (Wildman–Crippen MR) is 79.4 cm³/mol. The summed E-state index contributed by atoms with van der Waals surface area (Å²) in [5.41, 5.74) is 11.6. The van der Waals surface area contributed by atoms with Gasteiger partial charge in [0, 0.05) is 25.7 Å². The number of nitrogens with two attached hydrogens (primary N) is 1. The van der Waals surface area contributed by atoms with E-state index in [0.29, 0.717) is 13.0 Å². The number of nitrogens with zero attached hydrogens (tertiary/aromatic N) is 1. The quantitative estimate of drug-likeness (QED) is 0.913. The van der Waals surface area contributed by atoms with Crippen molar-refractivity contribution >= 4 is 22.9 Å². The third kappa shape index (κ3) is 2.07. The zero-order valence-electron chi connectivity index (χ0n) is 10.8. The Morgan fingerprint density at radius 2 is 2.16 bits per heavy atom. The zero-order valence-corrected chi connectivity index (χ0v) is 11.7. The minimum atomic E-state index is 0.193. The molecule has 0 fully saturated rings. The topological polar surface area (TPSA) is 46.3 Å². The molecule has 4 heteroatoms. The van der Waals surface area contributed by atoms with E-state index in [4.69, 9.17) is 5.73 Å². The van der Waals surface area contributed by atoms with Gasteiger partial charge in [-0.15, -0.1) is 0 Å². The van der Waals surface area contributed by atoms with Crippen molar-refractivity contribution in [3.8, 4) is 11.1 Å². The van der Waals surface area contributed by atoms with Gasteiger partial charge in [-0.3, -0.25) is 4.79 Å². The third-order valence-corrected chi connectivity index (χ3v) is 4.49. The Hall–Kier alpha value is -1.65. The van der Waals surface area contributed by atoms with Gasteiger partial charge in [0.25, 0.3) is 0 Å². The molecule has 1 aliphatic heterocycles. The number of carbonyl (C=O) groups is 1. The zero-order chi connectivity index (χ0) is 13.4. The molecule has 1 aromatic carbocycles. The smallest absolute Gasteiger partial charge is 0.227 e. The summed E-state index contributed by atoms with van der Waals surface area (Å²) in [7, 11) is 1.84. The number of amides is 1. The van der Waals surface area contributed by atoms with Crippen LogP contribution in [0, 0.1) is 0 Å². The molecule has 0 bridgehead atoms. The molecule has 0 aliphatic carbocycles. The third-order valence-electron chi connectivity index (χ3n) is 3.70. The molecule has 0 saturated carbocycles. The number of anilines is 1. The van der Waals surface area contributed by atoms with Crippen molar-refractivity contribution in [3.63, 3.8) is 0 Å². The van der Waals surface area contributed by atoms with Gasteiger partial charge in [0.2, 0.25) is 5.91 Å². The number of hydrogen-bond donors (Lipinski definition) is 1. The summed E-state index contributed by atoms with van der Waals surface area (Å²) in [6, 6.07) is 6.31. The number of thiophene rings is 1. The summed E-state index contributed by atoms with van der Waals surface area (Å²) in [4.78, 5) is 13.4. The number of rotatable bonds is 2.